The summed E-state index contributed by atoms with van der Waals surface area (Å²) in [6, 6.07) is 1.83. The summed E-state index contributed by atoms with van der Waals surface area (Å²) in [5, 5.41) is 4.90. The van der Waals surface area contributed by atoms with E-state index in [0.29, 0.717) is 36.5 Å². The molecule has 9 heteroatoms. The molecule has 4 rings (SSSR count). The third-order valence-corrected chi connectivity index (χ3v) is 6.74. The molecule has 2 aliphatic rings. The van der Waals surface area contributed by atoms with Crippen molar-refractivity contribution in [1.29, 1.82) is 0 Å². The average Bonchev–Trinajstić information content (AvgIpc) is 3.32. The molecule has 0 aromatic carbocycles. The van der Waals surface area contributed by atoms with E-state index in [1.54, 1.807) is 29.9 Å². The molecule has 1 atom stereocenters. The van der Waals surface area contributed by atoms with E-state index in [1.165, 1.54) is 16.2 Å². The van der Waals surface area contributed by atoms with Crippen molar-refractivity contribution in [3.05, 3.63) is 34.5 Å². The molecule has 1 unspecified atom stereocenters. The zero-order chi connectivity index (χ0) is 20.0. The predicted octanol–water partition coefficient (Wildman–Crippen LogP) is 1.53. The van der Waals surface area contributed by atoms with Gasteiger partial charge >= 0.3 is 0 Å². The fraction of sp³-hybridized carbons (Fsp3) is 0.474. The number of fused-ring (bicyclic) bond motifs is 3. The van der Waals surface area contributed by atoms with Gasteiger partial charge in [0.15, 0.2) is 0 Å². The summed E-state index contributed by atoms with van der Waals surface area (Å²) in [5.41, 5.74) is 1.62. The molecular weight excluding hydrogens is 378 g/mol. The minimum absolute atomic E-state index is 0.0112. The Morgan fingerprint density at radius 2 is 2.07 bits per heavy atom. The zero-order valence-electron chi connectivity index (χ0n) is 16.2. The highest BCUT2D eigenvalue weighted by atomic mass is 32.1. The largest absolute Gasteiger partial charge is 0.337 e. The van der Waals surface area contributed by atoms with Crippen LogP contribution in [0, 0.1) is 0 Å². The Morgan fingerprint density at radius 1 is 1.29 bits per heavy atom. The van der Waals surface area contributed by atoms with Gasteiger partial charge in [0.2, 0.25) is 11.8 Å². The first-order valence-corrected chi connectivity index (χ1v) is 10.1. The summed E-state index contributed by atoms with van der Waals surface area (Å²) in [5.74, 6) is -0.142. The second-order valence-electron chi connectivity index (χ2n) is 7.40. The highest BCUT2D eigenvalue weighted by Crippen LogP contribution is 2.40. The first-order valence-electron chi connectivity index (χ1n) is 9.30. The van der Waals surface area contributed by atoms with Crippen LogP contribution in [0.4, 0.5) is 5.00 Å². The Morgan fingerprint density at radius 3 is 2.79 bits per heavy atom. The lowest BCUT2D eigenvalue weighted by atomic mass is 10.0. The highest BCUT2D eigenvalue weighted by Gasteiger charge is 2.36. The molecule has 0 N–H and O–H groups in total. The van der Waals surface area contributed by atoms with Crippen LogP contribution in [-0.2, 0) is 22.6 Å². The van der Waals surface area contributed by atoms with Crippen molar-refractivity contribution in [3.8, 4) is 0 Å². The molecule has 8 nitrogen and oxygen atoms in total. The summed E-state index contributed by atoms with van der Waals surface area (Å²) >= 11 is 1.45. The second kappa shape index (κ2) is 7.05. The maximum atomic E-state index is 12.8. The predicted molar refractivity (Wildman–Crippen MR) is 105 cm³/mol. The fourth-order valence-corrected chi connectivity index (χ4v) is 5.09. The molecule has 0 aliphatic carbocycles. The van der Waals surface area contributed by atoms with Gasteiger partial charge in [-0.15, -0.1) is 11.3 Å². The number of anilines is 1. The van der Waals surface area contributed by atoms with E-state index in [2.05, 4.69) is 5.10 Å². The lowest BCUT2D eigenvalue weighted by Crippen LogP contribution is -2.37. The van der Waals surface area contributed by atoms with Gasteiger partial charge < -0.3 is 14.7 Å². The molecule has 2 aromatic rings. The van der Waals surface area contributed by atoms with E-state index in [0.717, 1.165) is 10.4 Å². The number of hydrogen-bond acceptors (Lipinski definition) is 5. The van der Waals surface area contributed by atoms with Crippen molar-refractivity contribution in [2.75, 3.05) is 32.1 Å². The van der Waals surface area contributed by atoms with E-state index < -0.39 is 0 Å². The molecule has 0 bridgehead atoms. The van der Waals surface area contributed by atoms with Gasteiger partial charge in [-0.1, -0.05) is 0 Å². The number of amides is 3. The molecule has 0 saturated carbocycles. The molecule has 0 fully saturated rings. The fourth-order valence-electron chi connectivity index (χ4n) is 3.76. The third kappa shape index (κ3) is 3.09. The molecule has 0 spiro atoms. The Labute approximate surface area is 167 Å². The first kappa shape index (κ1) is 18.7. The Kier molecular flexibility index (Phi) is 4.70. The molecule has 2 aliphatic heterocycles. The van der Waals surface area contributed by atoms with Crippen LogP contribution < -0.4 is 4.90 Å². The number of thiophene rings is 1. The molecule has 28 heavy (non-hydrogen) atoms. The van der Waals surface area contributed by atoms with Gasteiger partial charge in [0.1, 0.15) is 11.5 Å². The summed E-state index contributed by atoms with van der Waals surface area (Å²) in [4.78, 5) is 43.8. The maximum absolute atomic E-state index is 12.8. The summed E-state index contributed by atoms with van der Waals surface area (Å²) in [6.07, 6.45) is 4.57. The van der Waals surface area contributed by atoms with Crippen LogP contribution in [0.3, 0.4) is 0 Å². The number of carbonyl (C=O) groups is 3. The molecule has 2 aromatic heterocycles. The smallest absolute Gasteiger partial charge is 0.257 e. The summed E-state index contributed by atoms with van der Waals surface area (Å²) < 4.78 is 1.79. The molecule has 0 saturated heterocycles. The van der Waals surface area contributed by atoms with Crippen LogP contribution >= 0.6 is 11.3 Å². The lowest BCUT2D eigenvalue weighted by Gasteiger charge is -2.28. The summed E-state index contributed by atoms with van der Waals surface area (Å²) in [7, 11) is 3.37. The topological polar surface area (TPSA) is 78.8 Å². The van der Waals surface area contributed by atoms with Crippen LogP contribution in [-0.4, -0.2) is 64.5 Å². The number of hydrogen-bond donors (Lipinski definition) is 0. The Hall–Kier alpha value is -2.68. The normalized spacial score (nSPS) is 18.0. The zero-order valence-corrected chi connectivity index (χ0v) is 17.0. The van der Waals surface area contributed by atoms with Gasteiger partial charge in [-0.25, -0.2) is 0 Å². The summed E-state index contributed by atoms with van der Waals surface area (Å²) in [6.45, 7) is 3.12. The number of carbonyl (C=O) groups excluding carboxylic acids is 3. The van der Waals surface area contributed by atoms with Crippen molar-refractivity contribution in [2.24, 2.45) is 0 Å². The van der Waals surface area contributed by atoms with Crippen molar-refractivity contribution < 1.29 is 14.4 Å². The van der Waals surface area contributed by atoms with Gasteiger partial charge in [-0.05, 0) is 25.0 Å². The van der Waals surface area contributed by atoms with Crippen LogP contribution in [0.25, 0.3) is 0 Å². The Balaban J connectivity index is 1.56. The van der Waals surface area contributed by atoms with Crippen molar-refractivity contribution in [1.82, 2.24) is 19.6 Å². The SMILES string of the molecule is CC(CC(=O)N1CCc2c(sc3c2C(=O)N(C)CC(=O)N3C)C1)n1cccn1. The maximum Gasteiger partial charge on any atom is 0.257 e. The van der Waals surface area contributed by atoms with Gasteiger partial charge in [0.05, 0.1) is 18.2 Å². The minimum atomic E-state index is -0.114. The molecule has 4 heterocycles. The van der Waals surface area contributed by atoms with Crippen molar-refractivity contribution in [3.63, 3.8) is 0 Å². The van der Waals surface area contributed by atoms with Gasteiger partial charge in [-0.3, -0.25) is 19.1 Å². The van der Waals surface area contributed by atoms with E-state index in [-0.39, 0.29) is 30.3 Å². The number of rotatable bonds is 3. The number of nitrogens with zero attached hydrogens (tertiary/aromatic N) is 5. The molecular formula is C19H23N5O3S. The van der Waals surface area contributed by atoms with E-state index in [4.69, 9.17) is 0 Å². The van der Waals surface area contributed by atoms with E-state index in [9.17, 15) is 14.4 Å². The first-order chi connectivity index (χ1) is 13.4. The monoisotopic (exact) mass is 401 g/mol. The van der Waals surface area contributed by atoms with Crippen LogP contribution in [0.5, 0.6) is 0 Å². The Bertz CT molecular complexity index is 936. The van der Waals surface area contributed by atoms with Gasteiger partial charge in [-0.2, -0.15) is 5.10 Å². The molecule has 3 amide bonds. The lowest BCUT2D eigenvalue weighted by molar-refractivity contribution is -0.132. The molecule has 0 radical (unpaired) electrons. The standard InChI is InChI=1S/C19H23N5O3S/c1-12(24-7-4-6-20-24)9-15(25)23-8-5-13-14(10-23)28-19-17(13)18(27)21(2)11-16(26)22(19)3/h4,6-7,12H,5,8-11H2,1-3H3. The van der Waals surface area contributed by atoms with E-state index >= 15 is 0 Å². The third-order valence-electron chi connectivity index (χ3n) is 5.45. The highest BCUT2D eigenvalue weighted by molar-refractivity contribution is 7.17. The quantitative estimate of drug-likeness (QED) is 0.781. The van der Waals surface area contributed by atoms with Crippen LogP contribution in [0.1, 0.15) is 40.2 Å². The van der Waals surface area contributed by atoms with Crippen molar-refractivity contribution in [2.45, 2.75) is 32.4 Å². The number of likely N-dealkylation sites (N-methyl/N-ethyl adjacent to an activating group) is 2. The van der Waals surface area contributed by atoms with E-state index in [1.807, 2.05) is 24.1 Å². The van der Waals surface area contributed by atoms with Crippen molar-refractivity contribution >= 4 is 34.1 Å². The van der Waals surface area contributed by atoms with Gasteiger partial charge in [0.25, 0.3) is 5.91 Å². The van der Waals surface area contributed by atoms with Crippen LogP contribution in [0.15, 0.2) is 18.5 Å². The van der Waals surface area contributed by atoms with Crippen LogP contribution in [0.2, 0.25) is 0 Å². The minimum Gasteiger partial charge on any atom is -0.337 e. The number of aromatic nitrogens is 2. The second-order valence-corrected chi connectivity index (χ2v) is 8.49. The molecule has 148 valence electrons. The van der Waals surface area contributed by atoms with Gasteiger partial charge in [0, 0.05) is 44.3 Å². The average molecular weight is 401 g/mol.